The lowest BCUT2D eigenvalue weighted by Gasteiger charge is -2.22. The molecule has 4 aromatic rings. The van der Waals surface area contributed by atoms with Crippen LogP contribution in [0, 0.1) is 0 Å². The van der Waals surface area contributed by atoms with Crippen molar-refractivity contribution in [3.8, 4) is 17.2 Å². The molecule has 31 heavy (non-hydrogen) atoms. The summed E-state index contributed by atoms with van der Waals surface area (Å²) in [7, 11) is 1.59. The second kappa shape index (κ2) is 9.17. The number of rotatable bonds is 7. The van der Waals surface area contributed by atoms with Crippen molar-refractivity contribution in [2.45, 2.75) is 6.04 Å². The van der Waals surface area contributed by atoms with Crippen LogP contribution in [0.2, 0.25) is 0 Å². The van der Waals surface area contributed by atoms with Gasteiger partial charge in [0.1, 0.15) is 22.8 Å². The van der Waals surface area contributed by atoms with E-state index < -0.39 is 6.04 Å². The van der Waals surface area contributed by atoms with Gasteiger partial charge < -0.3 is 19.9 Å². The zero-order chi connectivity index (χ0) is 21.6. The Kier molecular flexibility index (Phi) is 5.98. The molecule has 4 rings (SSSR count). The fraction of sp³-hybridized carbons (Fsp3) is 0.120. The van der Waals surface area contributed by atoms with Crippen LogP contribution in [0.25, 0.3) is 10.9 Å². The maximum atomic E-state index is 12.7. The van der Waals surface area contributed by atoms with Crippen molar-refractivity contribution in [3.05, 3.63) is 96.2 Å². The number of carbonyl (C=O) groups excluding carboxylic acids is 1. The van der Waals surface area contributed by atoms with Gasteiger partial charge in [-0.2, -0.15) is 0 Å². The number of pyridine rings is 1. The first-order valence-electron chi connectivity index (χ1n) is 9.83. The van der Waals surface area contributed by atoms with Crippen molar-refractivity contribution in [2.24, 2.45) is 0 Å². The Morgan fingerprint density at radius 1 is 0.968 bits per heavy atom. The van der Waals surface area contributed by atoms with Crippen LogP contribution in [0.1, 0.15) is 17.2 Å². The Morgan fingerprint density at radius 2 is 1.74 bits per heavy atom. The van der Waals surface area contributed by atoms with Gasteiger partial charge in [-0.1, -0.05) is 48.5 Å². The molecule has 1 atom stereocenters. The summed E-state index contributed by atoms with van der Waals surface area (Å²) in [6, 6.07) is 23.2. The predicted octanol–water partition coefficient (Wildman–Crippen LogP) is 4.23. The number of nitrogens with zero attached hydrogens (tertiary/aromatic N) is 1. The van der Waals surface area contributed by atoms with E-state index in [9.17, 15) is 9.90 Å². The van der Waals surface area contributed by atoms with E-state index in [0.29, 0.717) is 22.6 Å². The number of hydrogen-bond donors (Lipinski definition) is 2. The number of carbonyl (C=O) groups is 1. The monoisotopic (exact) mass is 414 g/mol. The second-order valence-electron chi connectivity index (χ2n) is 6.95. The van der Waals surface area contributed by atoms with Crippen LogP contribution in [-0.2, 0) is 4.79 Å². The molecule has 0 spiro atoms. The Morgan fingerprint density at radius 3 is 2.48 bits per heavy atom. The number of phenols is 1. The summed E-state index contributed by atoms with van der Waals surface area (Å²) in [5.41, 5.74) is 1.82. The van der Waals surface area contributed by atoms with Crippen LogP contribution in [0.15, 0.2) is 85.1 Å². The number of aromatic nitrogens is 1. The second-order valence-corrected chi connectivity index (χ2v) is 6.95. The first-order valence-corrected chi connectivity index (χ1v) is 9.83. The van der Waals surface area contributed by atoms with Crippen LogP contribution in [0.5, 0.6) is 17.2 Å². The number of hydrogen-bond acceptors (Lipinski definition) is 5. The summed E-state index contributed by atoms with van der Waals surface area (Å²) in [5.74, 6) is 1.02. The fourth-order valence-corrected chi connectivity index (χ4v) is 3.38. The fourth-order valence-electron chi connectivity index (χ4n) is 3.38. The average Bonchev–Trinajstić information content (AvgIpc) is 2.83. The highest BCUT2D eigenvalue weighted by molar-refractivity contribution is 5.86. The van der Waals surface area contributed by atoms with E-state index in [1.54, 1.807) is 31.5 Å². The number of methoxy groups -OCH3 is 1. The summed E-state index contributed by atoms with van der Waals surface area (Å²) < 4.78 is 10.8. The maximum absolute atomic E-state index is 12.7. The van der Waals surface area contributed by atoms with Gasteiger partial charge in [-0.3, -0.25) is 9.78 Å². The lowest BCUT2D eigenvalue weighted by Crippen LogP contribution is -2.33. The summed E-state index contributed by atoms with van der Waals surface area (Å²) in [4.78, 5) is 17.0. The van der Waals surface area contributed by atoms with Gasteiger partial charge in [-0.15, -0.1) is 0 Å². The third-order valence-corrected chi connectivity index (χ3v) is 4.96. The van der Waals surface area contributed by atoms with E-state index in [4.69, 9.17) is 9.47 Å². The molecular formula is C25H22N2O4. The van der Waals surface area contributed by atoms with Crippen molar-refractivity contribution in [1.29, 1.82) is 0 Å². The summed E-state index contributed by atoms with van der Waals surface area (Å²) >= 11 is 0. The van der Waals surface area contributed by atoms with Gasteiger partial charge in [0, 0.05) is 17.1 Å². The lowest BCUT2D eigenvalue weighted by atomic mass is 9.96. The molecule has 0 bridgehead atoms. The molecule has 0 saturated carbocycles. The molecule has 0 aliphatic heterocycles. The predicted molar refractivity (Wildman–Crippen MR) is 118 cm³/mol. The summed E-state index contributed by atoms with van der Waals surface area (Å²) in [6.07, 6.45) is 1.63. The van der Waals surface area contributed by atoms with Crippen LogP contribution in [0.4, 0.5) is 0 Å². The van der Waals surface area contributed by atoms with Crippen molar-refractivity contribution in [1.82, 2.24) is 10.3 Å². The smallest absolute Gasteiger partial charge is 0.258 e. The van der Waals surface area contributed by atoms with Crippen LogP contribution >= 0.6 is 0 Å². The molecule has 156 valence electrons. The van der Waals surface area contributed by atoms with Gasteiger partial charge in [0.2, 0.25) is 0 Å². The minimum Gasteiger partial charge on any atom is -0.505 e. The Balaban J connectivity index is 1.64. The molecule has 6 heteroatoms. The SMILES string of the molecule is COc1ccc(C(NC(=O)COc2ccccc2)c2ccc3cccnc3c2O)cc1. The molecule has 0 fully saturated rings. The lowest BCUT2D eigenvalue weighted by molar-refractivity contribution is -0.123. The Bertz CT molecular complexity index is 1180. The highest BCUT2D eigenvalue weighted by Gasteiger charge is 2.22. The molecule has 0 radical (unpaired) electrons. The van der Waals surface area contributed by atoms with E-state index >= 15 is 0 Å². The highest BCUT2D eigenvalue weighted by Crippen LogP contribution is 2.34. The molecule has 1 unspecified atom stereocenters. The molecule has 2 N–H and O–H groups in total. The Labute approximate surface area is 180 Å². The van der Waals surface area contributed by atoms with E-state index in [1.807, 2.05) is 60.7 Å². The molecule has 0 aliphatic carbocycles. The number of aromatic hydroxyl groups is 1. The number of phenolic OH excluding ortho intramolecular Hbond substituents is 1. The highest BCUT2D eigenvalue weighted by atomic mass is 16.5. The molecule has 1 aromatic heterocycles. The number of amides is 1. The van der Waals surface area contributed by atoms with Gasteiger partial charge in [-0.25, -0.2) is 0 Å². The number of benzene rings is 3. The zero-order valence-electron chi connectivity index (χ0n) is 17.0. The van der Waals surface area contributed by atoms with E-state index in [-0.39, 0.29) is 18.3 Å². The van der Waals surface area contributed by atoms with Gasteiger partial charge in [0.15, 0.2) is 6.61 Å². The quantitative estimate of drug-likeness (QED) is 0.473. The molecule has 3 aromatic carbocycles. The third-order valence-electron chi connectivity index (χ3n) is 4.96. The minimum absolute atomic E-state index is 0.0307. The van der Waals surface area contributed by atoms with Crippen molar-refractivity contribution < 1.29 is 19.4 Å². The average molecular weight is 414 g/mol. The van der Waals surface area contributed by atoms with Crippen LogP contribution < -0.4 is 14.8 Å². The van der Waals surface area contributed by atoms with E-state index in [1.165, 1.54) is 0 Å². The number of ether oxygens (including phenoxy) is 2. The van der Waals surface area contributed by atoms with Crippen LogP contribution in [-0.4, -0.2) is 29.7 Å². The van der Waals surface area contributed by atoms with Crippen molar-refractivity contribution in [2.75, 3.05) is 13.7 Å². The largest absolute Gasteiger partial charge is 0.505 e. The van der Waals surface area contributed by atoms with Gasteiger partial charge in [0.05, 0.1) is 13.2 Å². The van der Waals surface area contributed by atoms with E-state index in [2.05, 4.69) is 10.3 Å². The molecule has 0 aliphatic rings. The van der Waals surface area contributed by atoms with Crippen molar-refractivity contribution >= 4 is 16.8 Å². The molecule has 1 amide bonds. The topological polar surface area (TPSA) is 80.7 Å². The standard InChI is InChI=1S/C25H22N2O4/c1-30-19-12-9-18(10-13-19)23(27-22(28)16-31-20-7-3-2-4-8-20)21-14-11-17-6-5-15-26-24(17)25(21)29/h2-15,23,29H,16H2,1H3,(H,27,28). The number of nitrogens with one attached hydrogen (secondary N) is 1. The van der Waals surface area contributed by atoms with Gasteiger partial charge >= 0.3 is 0 Å². The molecule has 6 nitrogen and oxygen atoms in total. The Hall–Kier alpha value is -4.06. The first-order chi connectivity index (χ1) is 15.2. The zero-order valence-corrected chi connectivity index (χ0v) is 17.0. The number of fused-ring (bicyclic) bond motifs is 1. The number of para-hydroxylation sites is 1. The van der Waals surface area contributed by atoms with Crippen molar-refractivity contribution in [3.63, 3.8) is 0 Å². The normalized spacial score (nSPS) is 11.6. The van der Waals surface area contributed by atoms with Crippen LogP contribution in [0.3, 0.4) is 0 Å². The van der Waals surface area contributed by atoms with E-state index in [0.717, 1.165) is 10.9 Å². The molecular weight excluding hydrogens is 392 g/mol. The van der Waals surface area contributed by atoms with Gasteiger partial charge in [-0.05, 0) is 35.9 Å². The molecule has 1 heterocycles. The molecule has 0 saturated heterocycles. The maximum Gasteiger partial charge on any atom is 0.258 e. The van der Waals surface area contributed by atoms with Gasteiger partial charge in [0.25, 0.3) is 5.91 Å². The summed E-state index contributed by atoms with van der Waals surface area (Å²) in [6.45, 7) is -0.150. The third kappa shape index (κ3) is 4.59. The summed E-state index contributed by atoms with van der Waals surface area (Å²) in [5, 5.41) is 14.7. The first kappa shape index (κ1) is 20.2. The minimum atomic E-state index is -0.593.